The zero-order valence-electron chi connectivity index (χ0n) is 15.2. The van der Waals surface area contributed by atoms with Crippen molar-refractivity contribution in [1.82, 2.24) is 19.6 Å². The van der Waals surface area contributed by atoms with E-state index >= 15 is 0 Å². The van der Waals surface area contributed by atoms with Crippen LogP contribution in [0.1, 0.15) is 49.3 Å². The third-order valence-corrected chi connectivity index (χ3v) is 5.17. The van der Waals surface area contributed by atoms with Crippen LogP contribution in [0.15, 0.2) is 36.7 Å². The van der Waals surface area contributed by atoms with E-state index in [0.717, 1.165) is 30.2 Å². The second-order valence-corrected chi connectivity index (χ2v) is 6.90. The summed E-state index contributed by atoms with van der Waals surface area (Å²) in [6.45, 7) is 0.829. The highest BCUT2D eigenvalue weighted by Crippen LogP contribution is 2.32. The number of benzene rings is 1. The number of fused-ring (bicyclic) bond motifs is 1. The summed E-state index contributed by atoms with van der Waals surface area (Å²) >= 11 is 0. The molecular formula is C20H25N5O. The minimum atomic E-state index is 0.549. The Labute approximate surface area is 153 Å². The first-order valence-electron chi connectivity index (χ1n) is 9.41. The van der Waals surface area contributed by atoms with Crippen LogP contribution in [0.2, 0.25) is 0 Å². The SMILES string of the molecule is COc1ccc(CCNc2cc(C3CCCCC3)nc3ncnn23)cc1. The monoisotopic (exact) mass is 351 g/mol. The van der Waals surface area contributed by atoms with Crippen LogP contribution in [-0.4, -0.2) is 33.2 Å². The topological polar surface area (TPSA) is 64.3 Å². The Hall–Kier alpha value is -2.63. The van der Waals surface area contributed by atoms with E-state index < -0.39 is 0 Å². The quantitative estimate of drug-likeness (QED) is 0.731. The zero-order chi connectivity index (χ0) is 17.8. The second-order valence-electron chi connectivity index (χ2n) is 6.90. The zero-order valence-corrected chi connectivity index (χ0v) is 15.2. The molecule has 2 heterocycles. The Morgan fingerprint density at radius 1 is 1.15 bits per heavy atom. The van der Waals surface area contributed by atoms with E-state index in [0.29, 0.717) is 11.7 Å². The molecular weight excluding hydrogens is 326 g/mol. The van der Waals surface area contributed by atoms with Gasteiger partial charge in [-0.3, -0.25) is 0 Å². The van der Waals surface area contributed by atoms with Gasteiger partial charge in [-0.1, -0.05) is 31.4 Å². The van der Waals surface area contributed by atoms with Gasteiger partial charge in [0.2, 0.25) is 0 Å². The average molecular weight is 351 g/mol. The van der Waals surface area contributed by atoms with Gasteiger partial charge in [0.1, 0.15) is 17.9 Å². The van der Waals surface area contributed by atoms with Crippen LogP contribution in [0.25, 0.3) is 5.78 Å². The van der Waals surface area contributed by atoms with Gasteiger partial charge < -0.3 is 10.1 Å². The molecule has 0 radical (unpaired) electrons. The number of hydrogen-bond acceptors (Lipinski definition) is 5. The molecule has 136 valence electrons. The van der Waals surface area contributed by atoms with Crippen molar-refractivity contribution in [2.24, 2.45) is 0 Å². The Morgan fingerprint density at radius 2 is 1.96 bits per heavy atom. The minimum absolute atomic E-state index is 0.549. The van der Waals surface area contributed by atoms with Gasteiger partial charge in [-0.15, -0.1) is 0 Å². The second kappa shape index (κ2) is 7.72. The van der Waals surface area contributed by atoms with Gasteiger partial charge in [0.25, 0.3) is 5.78 Å². The lowest BCUT2D eigenvalue weighted by atomic mass is 9.87. The van der Waals surface area contributed by atoms with Crippen LogP contribution in [0.4, 0.5) is 5.82 Å². The van der Waals surface area contributed by atoms with Crippen LogP contribution in [0.3, 0.4) is 0 Å². The molecule has 1 aliphatic rings. The summed E-state index contributed by atoms with van der Waals surface area (Å²) in [5.41, 5.74) is 2.42. The Kier molecular flexibility index (Phi) is 5.00. The summed E-state index contributed by atoms with van der Waals surface area (Å²) < 4.78 is 7.00. The molecule has 0 spiro atoms. The third-order valence-electron chi connectivity index (χ3n) is 5.17. The van der Waals surface area contributed by atoms with Crippen LogP contribution in [0.5, 0.6) is 5.75 Å². The standard InChI is InChI=1S/C20H25N5O/c1-26-17-9-7-15(8-10-17)11-12-21-19-13-18(16-5-3-2-4-6-16)24-20-22-14-23-25(19)20/h7-10,13-14,16,21H,2-6,11-12H2,1H3. The first-order valence-corrected chi connectivity index (χ1v) is 9.41. The molecule has 1 saturated carbocycles. The molecule has 4 rings (SSSR count). The van der Waals surface area contributed by atoms with Crippen LogP contribution >= 0.6 is 0 Å². The average Bonchev–Trinajstić information content (AvgIpc) is 3.18. The van der Waals surface area contributed by atoms with E-state index in [1.54, 1.807) is 18.0 Å². The van der Waals surface area contributed by atoms with Crippen molar-refractivity contribution in [2.45, 2.75) is 44.4 Å². The van der Waals surface area contributed by atoms with Crippen molar-refractivity contribution in [3.8, 4) is 5.75 Å². The summed E-state index contributed by atoms with van der Waals surface area (Å²) in [5.74, 6) is 3.09. The number of nitrogens with zero attached hydrogens (tertiary/aromatic N) is 4. The smallest absolute Gasteiger partial charge is 0.254 e. The maximum atomic E-state index is 5.21. The molecule has 6 heteroatoms. The first-order chi connectivity index (χ1) is 12.8. The number of rotatable bonds is 6. The predicted octanol–water partition coefficient (Wildman–Crippen LogP) is 3.84. The molecule has 3 aromatic rings. The minimum Gasteiger partial charge on any atom is -0.497 e. The van der Waals surface area contributed by atoms with Gasteiger partial charge in [0.15, 0.2) is 0 Å². The molecule has 6 nitrogen and oxygen atoms in total. The summed E-state index contributed by atoms with van der Waals surface area (Å²) in [6, 6.07) is 10.4. The number of methoxy groups -OCH3 is 1. The lowest BCUT2D eigenvalue weighted by molar-refractivity contribution is 0.414. The Bertz CT molecular complexity index is 852. The number of aromatic nitrogens is 4. The predicted molar refractivity (Wildman–Crippen MR) is 102 cm³/mol. The molecule has 1 N–H and O–H groups in total. The molecule has 0 saturated heterocycles. The van der Waals surface area contributed by atoms with Crippen molar-refractivity contribution in [1.29, 1.82) is 0 Å². The number of hydrogen-bond donors (Lipinski definition) is 1. The lowest BCUT2D eigenvalue weighted by Crippen LogP contribution is -2.13. The van der Waals surface area contributed by atoms with E-state index in [4.69, 9.17) is 9.72 Å². The fraction of sp³-hybridized carbons (Fsp3) is 0.450. The van der Waals surface area contributed by atoms with Gasteiger partial charge >= 0.3 is 0 Å². The van der Waals surface area contributed by atoms with E-state index in [2.05, 4.69) is 33.6 Å². The van der Waals surface area contributed by atoms with Crippen LogP contribution < -0.4 is 10.1 Å². The largest absolute Gasteiger partial charge is 0.497 e. The van der Waals surface area contributed by atoms with Crippen molar-refractivity contribution >= 4 is 11.6 Å². The van der Waals surface area contributed by atoms with E-state index in [9.17, 15) is 0 Å². The first kappa shape index (κ1) is 16.8. The number of nitrogens with one attached hydrogen (secondary N) is 1. The van der Waals surface area contributed by atoms with Crippen molar-refractivity contribution in [3.05, 3.63) is 47.9 Å². The van der Waals surface area contributed by atoms with Crippen LogP contribution in [0, 0.1) is 0 Å². The molecule has 1 aliphatic carbocycles. The highest BCUT2D eigenvalue weighted by atomic mass is 16.5. The molecule has 0 aliphatic heterocycles. The third kappa shape index (κ3) is 3.64. The van der Waals surface area contributed by atoms with E-state index in [-0.39, 0.29) is 0 Å². The van der Waals surface area contributed by atoms with Gasteiger partial charge in [0.05, 0.1) is 12.8 Å². The molecule has 26 heavy (non-hydrogen) atoms. The fourth-order valence-corrected chi connectivity index (χ4v) is 3.69. The highest BCUT2D eigenvalue weighted by Gasteiger charge is 2.19. The van der Waals surface area contributed by atoms with Crippen LogP contribution in [-0.2, 0) is 6.42 Å². The van der Waals surface area contributed by atoms with Gasteiger partial charge in [-0.05, 0) is 37.0 Å². The molecule has 1 aromatic carbocycles. The normalized spacial score (nSPS) is 15.3. The Balaban J connectivity index is 1.48. The summed E-state index contributed by atoms with van der Waals surface area (Å²) in [5, 5.41) is 7.84. The van der Waals surface area contributed by atoms with Gasteiger partial charge in [-0.25, -0.2) is 4.98 Å². The van der Waals surface area contributed by atoms with Crippen molar-refractivity contribution < 1.29 is 4.74 Å². The fourth-order valence-electron chi connectivity index (χ4n) is 3.69. The highest BCUT2D eigenvalue weighted by molar-refractivity contribution is 5.46. The molecule has 0 atom stereocenters. The molecule has 0 bridgehead atoms. The summed E-state index contributed by atoms with van der Waals surface area (Å²) in [4.78, 5) is 9.05. The maximum absolute atomic E-state index is 5.21. The maximum Gasteiger partial charge on any atom is 0.254 e. The summed E-state index contributed by atoms with van der Waals surface area (Å²) in [7, 11) is 1.69. The lowest BCUT2D eigenvalue weighted by Gasteiger charge is -2.21. The van der Waals surface area contributed by atoms with Crippen molar-refractivity contribution in [2.75, 3.05) is 19.0 Å². The molecule has 1 fully saturated rings. The van der Waals surface area contributed by atoms with E-state index in [1.165, 1.54) is 37.7 Å². The molecule has 0 amide bonds. The van der Waals surface area contributed by atoms with Gasteiger partial charge in [-0.2, -0.15) is 14.6 Å². The number of ether oxygens (including phenoxy) is 1. The van der Waals surface area contributed by atoms with Gasteiger partial charge in [0, 0.05) is 18.5 Å². The van der Waals surface area contributed by atoms with Crippen molar-refractivity contribution in [3.63, 3.8) is 0 Å². The molecule has 2 aromatic heterocycles. The Morgan fingerprint density at radius 3 is 2.73 bits per heavy atom. The number of anilines is 1. The summed E-state index contributed by atoms with van der Waals surface area (Å²) in [6.07, 6.45) is 8.89. The van der Waals surface area contributed by atoms with E-state index in [1.807, 2.05) is 12.1 Å². The molecule has 0 unspecified atom stereocenters.